The van der Waals surface area contributed by atoms with Crippen molar-refractivity contribution in [2.24, 2.45) is 0 Å². The monoisotopic (exact) mass is 346 g/mol. The van der Waals surface area contributed by atoms with Crippen LogP contribution in [0, 0.1) is 0 Å². The normalized spacial score (nSPS) is 15.4. The number of fused-ring (bicyclic) bond motifs is 1. The molecule has 0 fully saturated rings. The van der Waals surface area contributed by atoms with Crippen LogP contribution in [0.2, 0.25) is 0 Å². The first-order valence-electron chi connectivity index (χ1n) is 6.71. The van der Waals surface area contributed by atoms with Gasteiger partial charge in [-0.25, -0.2) is 4.79 Å². The quantitative estimate of drug-likeness (QED) is 0.868. The minimum atomic E-state index is -0.936. The largest absolute Gasteiger partial charge is 0.487 e. The zero-order valence-electron chi connectivity index (χ0n) is 11.8. The second kappa shape index (κ2) is 4.88. The lowest BCUT2D eigenvalue weighted by Crippen LogP contribution is -2.24. The van der Waals surface area contributed by atoms with Crippen LogP contribution in [0.4, 0.5) is 0 Å². The minimum Gasteiger partial charge on any atom is -0.487 e. The van der Waals surface area contributed by atoms with Crippen LogP contribution in [0.15, 0.2) is 40.9 Å². The summed E-state index contributed by atoms with van der Waals surface area (Å²) >= 11 is 3.27. The number of carboxylic acids is 1. The van der Waals surface area contributed by atoms with Gasteiger partial charge in [-0.15, -0.1) is 0 Å². The van der Waals surface area contributed by atoms with Gasteiger partial charge in [0.25, 0.3) is 0 Å². The van der Waals surface area contributed by atoms with Crippen LogP contribution in [-0.4, -0.2) is 16.7 Å². The summed E-state index contributed by atoms with van der Waals surface area (Å²) in [5, 5.41) is 9.21. The molecule has 0 amide bonds. The highest BCUT2D eigenvalue weighted by Crippen LogP contribution is 2.37. The fourth-order valence-corrected chi connectivity index (χ4v) is 3.07. The molecule has 1 aliphatic rings. The highest BCUT2D eigenvalue weighted by Gasteiger charge is 2.30. The standard InChI is InChI=1S/C17H15BrO3/c1-17(2)9-12-7-10(4-6-15(12)21-17)11-3-5-14(18)13(8-11)16(19)20/h3-8H,9H2,1-2H3,(H,19,20). The van der Waals surface area contributed by atoms with Gasteiger partial charge in [-0.1, -0.05) is 12.1 Å². The molecule has 4 heteroatoms. The Morgan fingerprint density at radius 2 is 1.86 bits per heavy atom. The van der Waals surface area contributed by atoms with Gasteiger partial charge in [0.2, 0.25) is 0 Å². The number of benzene rings is 2. The first kappa shape index (κ1) is 14.1. The van der Waals surface area contributed by atoms with E-state index in [0.717, 1.165) is 28.9 Å². The summed E-state index contributed by atoms with van der Waals surface area (Å²) in [4.78, 5) is 11.2. The van der Waals surface area contributed by atoms with Crippen LogP contribution < -0.4 is 4.74 Å². The number of halogens is 1. The van der Waals surface area contributed by atoms with E-state index >= 15 is 0 Å². The molecule has 21 heavy (non-hydrogen) atoms. The van der Waals surface area contributed by atoms with Gasteiger partial charge in [0.1, 0.15) is 11.4 Å². The van der Waals surface area contributed by atoms with Gasteiger partial charge < -0.3 is 9.84 Å². The number of hydrogen-bond donors (Lipinski definition) is 1. The van der Waals surface area contributed by atoms with E-state index in [-0.39, 0.29) is 11.2 Å². The minimum absolute atomic E-state index is 0.174. The molecule has 1 heterocycles. The first-order chi connectivity index (χ1) is 9.85. The fourth-order valence-electron chi connectivity index (χ4n) is 2.66. The predicted molar refractivity (Wildman–Crippen MR) is 84.9 cm³/mol. The van der Waals surface area contributed by atoms with Crippen LogP contribution in [0.25, 0.3) is 11.1 Å². The SMILES string of the molecule is CC1(C)Cc2cc(-c3ccc(Br)c(C(=O)O)c3)ccc2O1. The summed E-state index contributed by atoms with van der Waals surface area (Å²) in [6.45, 7) is 4.13. The third-order valence-electron chi connectivity index (χ3n) is 3.59. The Hall–Kier alpha value is -1.81. The van der Waals surface area contributed by atoms with Crippen molar-refractivity contribution >= 4 is 21.9 Å². The molecule has 2 aromatic rings. The molecule has 1 aliphatic heterocycles. The van der Waals surface area contributed by atoms with Gasteiger partial charge in [0.05, 0.1) is 5.56 Å². The lowest BCUT2D eigenvalue weighted by atomic mass is 9.97. The van der Waals surface area contributed by atoms with Crippen LogP contribution in [-0.2, 0) is 6.42 Å². The Balaban J connectivity index is 2.03. The molecule has 0 bridgehead atoms. The van der Waals surface area contributed by atoms with Crippen molar-refractivity contribution in [3.8, 4) is 16.9 Å². The van der Waals surface area contributed by atoms with E-state index in [1.807, 2.05) is 18.2 Å². The maximum atomic E-state index is 11.2. The molecule has 3 rings (SSSR count). The van der Waals surface area contributed by atoms with E-state index in [0.29, 0.717) is 4.47 Å². The fraction of sp³-hybridized carbons (Fsp3) is 0.235. The lowest BCUT2D eigenvalue weighted by Gasteiger charge is -2.16. The molecule has 0 saturated heterocycles. The molecule has 0 unspecified atom stereocenters. The van der Waals surface area contributed by atoms with Crippen molar-refractivity contribution in [1.82, 2.24) is 0 Å². The summed E-state index contributed by atoms with van der Waals surface area (Å²) in [7, 11) is 0. The number of aromatic carboxylic acids is 1. The average Bonchev–Trinajstić information content (AvgIpc) is 2.71. The van der Waals surface area contributed by atoms with Gasteiger partial charge >= 0.3 is 5.97 Å². The summed E-state index contributed by atoms with van der Waals surface area (Å²) < 4.78 is 6.45. The molecule has 0 saturated carbocycles. The zero-order valence-corrected chi connectivity index (χ0v) is 13.4. The molecular weight excluding hydrogens is 332 g/mol. The van der Waals surface area contributed by atoms with Crippen molar-refractivity contribution in [1.29, 1.82) is 0 Å². The van der Waals surface area contributed by atoms with Crippen molar-refractivity contribution in [2.45, 2.75) is 25.9 Å². The zero-order chi connectivity index (χ0) is 15.2. The Kier molecular flexibility index (Phi) is 3.29. The van der Waals surface area contributed by atoms with Crippen molar-refractivity contribution in [3.05, 3.63) is 52.0 Å². The molecule has 0 aliphatic carbocycles. The van der Waals surface area contributed by atoms with Crippen LogP contribution >= 0.6 is 15.9 Å². The molecular formula is C17H15BrO3. The molecule has 2 aromatic carbocycles. The van der Waals surface area contributed by atoms with Gasteiger partial charge in [0, 0.05) is 10.9 Å². The van der Waals surface area contributed by atoms with E-state index in [9.17, 15) is 9.90 Å². The number of hydrogen-bond acceptors (Lipinski definition) is 2. The Labute approximate surface area is 131 Å². The average molecular weight is 347 g/mol. The molecule has 0 spiro atoms. The highest BCUT2D eigenvalue weighted by molar-refractivity contribution is 9.10. The highest BCUT2D eigenvalue weighted by atomic mass is 79.9. The van der Waals surface area contributed by atoms with Crippen LogP contribution in [0.3, 0.4) is 0 Å². The summed E-state index contributed by atoms with van der Waals surface area (Å²) in [6, 6.07) is 11.4. The van der Waals surface area contributed by atoms with Gasteiger partial charge in [-0.3, -0.25) is 0 Å². The van der Waals surface area contributed by atoms with Gasteiger partial charge in [-0.05, 0) is 70.7 Å². The molecule has 0 atom stereocenters. The topological polar surface area (TPSA) is 46.5 Å². The molecule has 1 N–H and O–H groups in total. The number of carbonyl (C=O) groups is 1. The van der Waals surface area contributed by atoms with E-state index in [1.54, 1.807) is 12.1 Å². The molecule has 0 radical (unpaired) electrons. The van der Waals surface area contributed by atoms with Gasteiger partial charge in [0.15, 0.2) is 0 Å². The second-order valence-corrected chi connectivity index (χ2v) is 6.72. The van der Waals surface area contributed by atoms with E-state index < -0.39 is 5.97 Å². The van der Waals surface area contributed by atoms with Crippen LogP contribution in [0.1, 0.15) is 29.8 Å². The third kappa shape index (κ3) is 2.68. The van der Waals surface area contributed by atoms with Crippen LogP contribution in [0.5, 0.6) is 5.75 Å². The third-order valence-corrected chi connectivity index (χ3v) is 4.28. The molecule has 0 aromatic heterocycles. The van der Waals surface area contributed by atoms with E-state index in [2.05, 4.69) is 35.8 Å². The van der Waals surface area contributed by atoms with E-state index in [1.165, 1.54) is 0 Å². The number of carboxylic acid groups (broad SMARTS) is 1. The second-order valence-electron chi connectivity index (χ2n) is 5.86. The Morgan fingerprint density at radius 1 is 1.19 bits per heavy atom. The Morgan fingerprint density at radius 3 is 2.57 bits per heavy atom. The maximum Gasteiger partial charge on any atom is 0.336 e. The van der Waals surface area contributed by atoms with E-state index in [4.69, 9.17) is 4.74 Å². The molecule has 108 valence electrons. The summed E-state index contributed by atoms with van der Waals surface area (Å²) in [6.07, 6.45) is 0.860. The summed E-state index contributed by atoms with van der Waals surface area (Å²) in [5.74, 6) is -0.0197. The molecule has 3 nitrogen and oxygen atoms in total. The number of ether oxygens (including phenoxy) is 1. The number of rotatable bonds is 2. The first-order valence-corrected chi connectivity index (χ1v) is 7.50. The predicted octanol–water partition coefficient (Wildman–Crippen LogP) is 4.53. The lowest BCUT2D eigenvalue weighted by molar-refractivity contribution is 0.0696. The Bertz CT molecular complexity index is 735. The smallest absolute Gasteiger partial charge is 0.336 e. The van der Waals surface area contributed by atoms with Crippen molar-refractivity contribution < 1.29 is 14.6 Å². The maximum absolute atomic E-state index is 11.2. The van der Waals surface area contributed by atoms with Crippen molar-refractivity contribution in [2.75, 3.05) is 0 Å². The van der Waals surface area contributed by atoms with Gasteiger partial charge in [-0.2, -0.15) is 0 Å². The summed E-state index contributed by atoms with van der Waals surface area (Å²) in [5.41, 5.74) is 3.16. The van der Waals surface area contributed by atoms with Crippen molar-refractivity contribution in [3.63, 3.8) is 0 Å².